The first-order valence-corrected chi connectivity index (χ1v) is 10.1. The predicted molar refractivity (Wildman–Crippen MR) is 115 cm³/mol. The molecule has 2 heterocycles. The number of aryl methyl sites for hydroxylation is 1. The van der Waals surface area contributed by atoms with Gasteiger partial charge in [-0.1, -0.05) is 36.0 Å². The summed E-state index contributed by atoms with van der Waals surface area (Å²) >= 11 is 0. The van der Waals surface area contributed by atoms with E-state index in [2.05, 4.69) is 22.4 Å². The molecule has 1 aromatic carbocycles. The van der Waals surface area contributed by atoms with E-state index < -0.39 is 6.04 Å². The highest BCUT2D eigenvalue weighted by molar-refractivity contribution is 5.88. The molecule has 0 aliphatic carbocycles. The first-order valence-electron chi connectivity index (χ1n) is 10.1. The van der Waals surface area contributed by atoms with Crippen molar-refractivity contribution in [1.29, 1.82) is 0 Å². The molecule has 1 aliphatic heterocycles. The lowest BCUT2D eigenvalue weighted by atomic mass is 10.1. The topological polar surface area (TPSA) is 87.5 Å². The number of aromatic nitrogens is 1. The summed E-state index contributed by atoms with van der Waals surface area (Å²) in [5.41, 5.74) is 3.69. The van der Waals surface area contributed by atoms with E-state index in [0.29, 0.717) is 25.3 Å². The maximum Gasteiger partial charge on any atom is 0.243 e. The molecule has 1 aliphatic rings. The van der Waals surface area contributed by atoms with Gasteiger partial charge in [0.05, 0.1) is 12.1 Å². The molecular formula is C23H28N4O3. The van der Waals surface area contributed by atoms with Crippen molar-refractivity contribution < 1.29 is 14.1 Å². The third-order valence-corrected chi connectivity index (χ3v) is 5.14. The second kappa shape index (κ2) is 9.91. The highest BCUT2D eigenvalue weighted by atomic mass is 16.5. The average molecular weight is 409 g/mol. The van der Waals surface area contributed by atoms with Gasteiger partial charge >= 0.3 is 0 Å². The zero-order valence-corrected chi connectivity index (χ0v) is 17.5. The van der Waals surface area contributed by atoms with Crippen molar-refractivity contribution in [2.45, 2.75) is 38.8 Å². The zero-order valence-electron chi connectivity index (χ0n) is 17.5. The van der Waals surface area contributed by atoms with Gasteiger partial charge in [-0.3, -0.25) is 9.59 Å². The highest BCUT2D eigenvalue weighted by Gasteiger charge is 2.34. The van der Waals surface area contributed by atoms with Crippen LogP contribution in [0.4, 0.5) is 0 Å². The Morgan fingerprint density at radius 1 is 1.37 bits per heavy atom. The van der Waals surface area contributed by atoms with E-state index in [-0.39, 0.29) is 18.2 Å². The van der Waals surface area contributed by atoms with Crippen molar-refractivity contribution in [2.75, 3.05) is 13.6 Å². The number of likely N-dealkylation sites (tertiary alicyclic amines) is 1. The van der Waals surface area contributed by atoms with E-state index in [0.717, 1.165) is 28.9 Å². The molecule has 3 rings (SSSR count). The number of nitrogens with one attached hydrogen (secondary N) is 2. The Labute approximate surface area is 176 Å². The molecule has 2 N–H and O–H groups in total. The lowest BCUT2D eigenvalue weighted by Gasteiger charge is -2.23. The smallest absolute Gasteiger partial charge is 0.243 e. The van der Waals surface area contributed by atoms with Crippen molar-refractivity contribution in [3.05, 3.63) is 71.6 Å². The number of benzene rings is 1. The van der Waals surface area contributed by atoms with Crippen LogP contribution in [-0.4, -0.2) is 41.5 Å². The van der Waals surface area contributed by atoms with Crippen molar-refractivity contribution in [1.82, 2.24) is 20.7 Å². The quantitative estimate of drug-likeness (QED) is 0.656. The molecule has 1 aromatic heterocycles. The van der Waals surface area contributed by atoms with Gasteiger partial charge < -0.3 is 20.1 Å². The van der Waals surface area contributed by atoms with Crippen LogP contribution in [0.3, 0.4) is 0 Å². The van der Waals surface area contributed by atoms with E-state index in [1.807, 2.05) is 44.3 Å². The minimum Gasteiger partial charge on any atom is -0.388 e. The van der Waals surface area contributed by atoms with Crippen LogP contribution in [0.5, 0.6) is 0 Å². The predicted octanol–water partition coefficient (Wildman–Crippen LogP) is 2.58. The maximum atomic E-state index is 12.8. The van der Waals surface area contributed by atoms with Gasteiger partial charge in [0, 0.05) is 31.9 Å². The molecular weight excluding hydrogens is 380 g/mol. The summed E-state index contributed by atoms with van der Waals surface area (Å²) in [6.07, 6.45) is 5.22. The lowest BCUT2D eigenvalue weighted by molar-refractivity contribution is -0.138. The Hall–Kier alpha value is -3.35. The summed E-state index contributed by atoms with van der Waals surface area (Å²) in [7, 11) is 1.86. The molecule has 1 saturated heterocycles. The molecule has 2 amide bonds. The van der Waals surface area contributed by atoms with Crippen LogP contribution < -0.4 is 10.6 Å². The third-order valence-electron chi connectivity index (χ3n) is 5.14. The number of hydrogen-bond donors (Lipinski definition) is 2. The second-order valence-corrected chi connectivity index (χ2v) is 7.34. The minimum atomic E-state index is -0.446. The van der Waals surface area contributed by atoms with Gasteiger partial charge in [-0.25, -0.2) is 0 Å². The van der Waals surface area contributed by atoms with Gasteiger partial charge in [0.1, 0.15) is 11.8 Å². The average Bonchev–Trinajstić information content (AvgIpc) is 3.39. The first-order chi connectivity index (χ1) is 14.5. The number of nitrogens with zero attached hydrogens (tertiary/aromatic N) is 2. The summed E-state index contributed by atoms with van der Waals surface area (Å²) in [6, 6.07) is 9.24. The van der Waals surface area contributed by atoms with Crippen molar-refractivity contribution in [3.8, 4) is 0 Å². The Balaban J connectivity index is 1.60. The Bertz CT molecular complexity index is 947. The van der Waals surface area contributed by atoms with E-state index in [1.165, 1.54) is 0 Å². The number of carbonyl (C=O) groups excluding carboxylic acids is 2. The van der Waals surface area contributed by atoms with E-state index in [9.17, 15) is 9.59 Å². The van der Waals surface area contributed by atoms with Crippen LogP contribution in [0.25, 0.3) is 5.70 Å². The Morgan fingerprint density at radius 2 is 2.20 bits per heavy atom. The fourth-order valence-electron chi connectivity index (χ4n) is 3.69. The molecule has 7 heteroatoms. The van der Waals surface area contributed by atoms with Crippen molar-refractivity contribution in [3.63, 3.8) is 0 Å². The molecule has 0 radical (unpaired) electrons. The summed E-state index contributed by atoms with van der Waals surface area (Å²) in [5, 5.41) is 9.93. The standard InChI is InChI=1S/C23H28N4O3/c1-4-7-20(24-3)18-9-5-8-17(13-18)15-25-23(29)21-10-6-11-27(21)22(28)14-19-12-16(2)26-30-19/h4-5,7-9,12-13,21,24H,1,6,10-11,14-15H2,2-3H3,(H,25,29)/b20-7-/t21-/m0/s1. The van der Waals surface area contributed by atoms with Crippen LogP contribution in [0, 0.1) is 6.92 Å². The van der Waals surface area contributed by atoms with Gasteiger partial charge in [-0.2, -0.15) is 0 Å². The van der Waals surface area contributed by atoms with Gasteiger partial charge in [0.2, 0.25) is 11.8 Å². The van der Waals surface area contributed by atoms with E-state index >= 15 is 0 Å². The largest absolute Gasteiger partial charge is 0.388 e. The minimum absolute atomic E-state index is 0.112. The van der Waals surface area contributed by atoms with Crippen LogP contribution >= 0.6 is 0 Å². The molecule has 7 nitrogen and oxygen atoms in total. The maximum absolute atomic E-state index is 12.8. The summed E-state index contributed by atoms with van der Waals surface area (Å²) in [4.78, 5) is 27.1. The Morgan fingerprint density at radius 3 is 2.90 bits per heavy atom. The van der Waals surface area contributed by atoms with E-state index in [4.69, 9.17) is 4.52 Å². The fraction of sp³-hybridized carbons (Fsp3) is 0.348. The van der Waals surface area contributed by atoms with Gasteiger partial charge in [0.15, 0.2) is 0 Å². The second-order valence-electron chi connectivity index (χ2n) is 7.34. The SMILES string of the molecule is C=C/C=C(\NC)c1cccc(CNC(=O)[C@@H]2CCCN2C(=O)Cc2cc(C)no2)c1. The monoisotopic (exact) mass is 408 g/mol. The van der Waals surface area contributed by atoms with E-state index in [1.54, 1.807) is 17.0 Å². The summed E-state index contributed by atoms with van der Waals surface area (Å²) in [5.74, 6) is 0.280. The number of carbonyl (C=O) groups is 2. The van der Waals surface area contributed by atoms with Gasteiger partial charge in [-0.05, 0) is 43.0 Å². The molecule has 1 fully saturated rings. The lowest BCUT2D eigenvalue weighted by Crippen LogP contribution is -2.46. The molecule has 158 valence electrons. The van der Waals surface area contributed by atoms with Crippen LogP contribution in [-0.2, 0) is 22.6 Å². The first kappa shape index (κ1) is 21.4. The molecule has 1 atom stereocenters. The molecule has 30 heavy (non-hydrogen) atoms. The number of hydrogen-bond acceptors (Lipinski definition) is 5. The third kappa shape index (κ3) is 5.17. The van der Waals surface area contributed by atoms with Crippen molar-refractivity contribution >= 4 is 17.5 Å². The fourth-order valence-corrected chi connectivity index (χ4v) is 3.69. The molecule has 0 saturated carbocycles. The molecule has 0 bridgehead atoms. The van der Waals surface area contributed by atoms with Crippen LogP contribution in [0.1, 0.15) is 35.4 Å². The summed E-state index contributed by atoms with van der Waals surface area (Å²) in [6.45, 7) is 6.53. The molecule has 2 aromatic rings. The van der Waals surface area contributed by atoms with Crippen molar-refractivity contribution in [2.24, 2.45) is 0 Å². The molecule has 0 spiro atoms. The number of amides is 2. The zero-order chi connectivity index (χ0) is 21.5. The highest BCUT2D eigenvalue weighted by Crippen LogP contribution is 2.20. The van der Waals surface area contributed by atoms with Gasteiger partial charge in [0.25, 0.3) is 0 Å². The summed E-state index contributed by atoms with van der Waals surface area (Å²) < 4.78 is 5.14. The normalized spacial score (nSPS) is 16.4. The number of rotatable bonds is 8. The number of allylic oxidation sites excluding steroid dienone is 2. The molecule has 0 unspecified atom stereocenters. The van der Waals surface area contributed by atoms with Crippen LogP contribution in [0.15, 0.2) is 53.6 Å². The van der Waals surface area contributed by atoms with Crippen LogP contribution in [0.2, 0.25) is 0 Å². The Kier molecular flexibility index (Phi) is 7.06. The van der Waals surface area contributed by atoms with Gasteiger partial charge in [-0.15, -0.1) is 0 Å².